The van der Waals surface area contributed by atoms with Gasteiger partial charge in [0.1, 0.15) is 5.75 Å². The van der Waals surface area contributed by atoms with E-state index in [1.54, 1.807) is 4.90 Å². The standard InChI is InChI=1S/C23H30N2O4S/c1-24(2)14-8-15-25(20-13-16-30(27,28)18-20)23(26)17-29-22-12-7-6-11-21(22)19-9-4-3-5-10-19/h3-7,9-12,20H,8,13-18H2,1-2H3. The van der Waals surface area contributed by atoms with Crippen LogP contribution in [-0.2, 0) is 14.6 Å². The Kier molecular flexibility index (Phi) is 7.50. The number of sulfone groups is 1. The summed E-state index contributed by atoms with van der Waals surface area (Å²) in [7, 11) is 0.894. The van der Waals surface area contributed by atoms with Crippen LogP contribution >= 0.6 is 0 Å². The lowest BCUT2D eigenvalue weighted by atomic mass is 10.1. The summed E-state index contributed by atoms with van der Waals surface area (Å²) in [4.78, 5) is 16.8. The summed E-state index contributed by atoms with van der Waals surface area (Å²) in [6.45, 7) is 1.25. The van der Waals surface area contributed by atoms with Gasteiger partial charge in [-0.2, -0.15) is 0 Å². The second-order valence-corrected chi connectivity index (χ2v) is 10.2. The van der Waals surface area contributed by atoms with E-state index in [9.17, 15) is 13.2 Å². The maximum Gasteiger partial charge on any atom is 0.260 e. The maximum atomic E-state index is 13.0. The minimum atomic E-state index is -3.07. The van der Waals surface area contributed by atoms with E-state index in [2.05, 4.69) is 4.90 Å². The van der Waals surface area contributed by atoms with Gasteiger partial charge in [0.05, 0.1) is 11.5 Å². The second kappa shape index (κ2) is 10.1. The lowest BCUT2D eigenvalue weighted by Crippen LogP contribution is -2.44. The fourth-order valence-electron chi connectivity index (χ4n) is 3.76. The van der Waals surface area contributed by atoms with Gasteiger partial charge in [0.15, 0.2) is 16.4 Å². The van der Waals surface area contributed by atoms with Crippen LogP contribution in [0.4, 0.5) is 0 Å². The Morgan fingerprint density at radius 2 is 1.73 bits per heavy atom. The van der Waals surface area contributed by atoms with Crippen molar-refractivity contribution in [2.24, 2.45) is 0 Å². The summed E-state index contributed by atoms with van der Waals surface area (Å²) in [5, 5.41) is 0. The minimum Gasteiger partial charge on any atom is -0.483 e. The van der Waals surface area contributed by atoms with E-state index in [0.29, 0.717) is 18.7 Å². The van der Waals surface area contributed by atoms with Crippen molar-refractivity contribution in [1.29, 1.82) is 0 Å². The molecule has 3 rings (SSSR count). The van der Waals surface area contributed by atoms with Crippen molar-refractivity contribution in [3.8, 4) is 16.9 Å². The molecule has 0 spiro atoms. The topological polar surface area (TPSA) is 66.9 Å². The van der Waals surface area contributed by atoms with Crippen molar-refractivity contribution in [2.75, 3.05) is 45.3 Å². The van der Waals surface area contributed by atoms with Crippen LogP contribution in [0.1, 0.15) is 12.8 Å². The van der Waals surface area contributed by atoms with Crippen LogP contribution < -0.4 is 4.74 Å². The third-order valence-electron chi connectivity index (χ3n) is 5.30. The molecule has 0 saturated carbocycles. The molecule has 0 aromatic heterocycles. The number of benzene rings is 2. The fourth-order valence-corrected chi connectivity index (χ4v) is 5.49. The van der Waals surface area contributed by atoms with E-state index < -0.39 is 9.84 Å². The Bertz CT molecular complexity index is 945. The summed E-state index contributed by atoms with van der Waals surface area (Å²) in [6.07, 6.45) is 1.28. The van der Waals surface area contributed by atoms with Crippen LogP contribution in [0.15, 0.2) is 54.6 Å². The molecule has 1 atom stereocenters. The van der Waals surface area contributed by atoms with Crippen LogP contribution in [0.3, 0.4) is 0 Å². The Morgan fingerprint density at radius 1 is 1.03 bits per heavy atom. The molecule has 30 heavy (non-hydrogen) atoms. The number of ether oxygens (including phenoxy) is 1. The number of hydrogen-bond donors (Lipinski definition) is 0. The van der Waals surface area contributed by atoms with Gasteiger partial charge in [-0.25, -0.2) is 8.42 Å². The average Bonchev–Trinajstić information content (AvgIpc) is 3.09. The summed E-state index contributed by atoms with van der Waals surface area (Å²) < 4.78 is 29.8. The van der Waals surface area contributed by atoms with E-state index in [-0.39, 0.29) is 30.1 Å². The molecule has 2 aromatic carbocycles. The average molecular weight is 431 g/mol. The van der Waals surface area contributed by atoms with Crippen LogP contribution in [0.5, 0.6) is 5.75 Å². The quantitative estimate of drug-likeness (QED) is 0.612. The first-order valence-corrected chi connectivity index (χ1v) is 12.1. The van der Waals surface area contributed by atoms with Gasteiger partial charge in [-0.1, -0.05) is 48.5 Å². The summed E-state index contributed by atoms with van der Waals surface area (Å²) in [5.74, 6) is 0.664. The second-order valence-electron chi connectivity index (χ2n) is 7.95. The molecule has 6 nitrogen and oxygen atoms in total. The van der Waals surface area contributed by atoms with Gasteiger partial charge in [-0.05, 0) is 45.1 Å². The maximum absolute atomic E-state index is 13.0. The number of rotatable bonds is 9. The zero-order valence-electron chi connectivity index (χ0n) is 17.7. The van der Waals surface area contributed by atoms with Gasteiger partial charge in [0.2, 0.25) is 0 Å². The number of carbonyl (C=O) groups excluding carboxylic acids is 1. The van der Waals surface area contributed by atoms with E-state index in [1.807, 2.05) is 68.7 Å². The van der Waals surface area contributed by atoms with Crippen molar-refractivity contribution < 1.29 is 17.9 Å². The Balaban J connectivity index is 1.70. The van der Waals surface area contributed by atoms with Crippen molar-refractivity contribution in [2.45, 2.75) is 18.9 Å². The molecular formula is C23H30N2O4S. The molecule has 1 heterocycles. The molecule has 1 fully saturated rings. The monoisotopic (exact) mass is 430 g/mol. The molecule has 0 radical (unpaired) electrons. The molecule has 7 heteroatoms. The fraction of sp³-hybridized carbons (Fsp3) is 0.435. The molecule has 0 aliphatic carbocycles. The zero-order valence-corrected chi connectivity index (χ0v) is 18.5. The Labute approximate surface area is 179 Å². The molecule has 1 aliphatic heterocycles. The third kappa shape index (κ3) is 6.06. The van der Waals surface area contributed by atoms with E-state index in [1.165, 1.54) is 0 Å². The Hall–Kier alpha value is -2.38. The van der Waals surface area contributed by atoms with Crippen molar-refractivity contribution >= 4 is 15.7 Å². The highest BCUT2D eigenvalue weighted by molar-refractivity contribution is 7.91. The normalized spacial score (nSPS) is 17.8. The number of para-hydroxylation sites is 1. The smallest absolute Gasteiger partial charge is 0.260 e. The van der Waals surface area contributed by atoms with Crippen LogP contribution in [0.2, 0.25) is 0 Å². The predicted octanol–water partition coefficient (Wildman–Crippen LogP) is 2.70. The van der Waals surface area contributed by atoms with Gasteiger partial charge in [-0.3, -0.25) is 4.79 Å². The summed E-state index contributed by atoms with van der Waals surface area (Å²) in [6, 6.07) is 17.3. The molecule has 1 aliphatic rings. The molecule has 162 valence electrons. The van der Waals surface area contributed by atoms with Crippen molar-refractivity contribution in [1.82, 2.24) is 9.80 Å². The molecule has 1 amide bonds. The molecular weight excluding hydrogens is 400 g/mol. The first-order chi connectivity index (χ1) is 14.4. The van der Waals surface area contributed by atoms with E-state index in [4.69, 9.17) is 4.74 Å². The highest BCUT2D eigenvalue weighted by Crippen LogP contribution is 2.29. The lowest BCUT2D eigenvalue weighted by Gasteiger charge is -2.29. The summed E-state index contributed by atoms with van der Waals surface area (Å²) >= 11 is 0. The third-order valence-corrected chi connectivity index (χ3v) is 7.05. The van der Waals surface area contributed by atoms with Gasteiger partial charge >= 0.3 is 0 Å². The first-order valence-electron chi connectivity index (χ1n) is 10.3. The number of nitrogens with zero attached hydrogens (tertiary/aromatic N) is 2. The van der Waals surface area contributed by atoms with Crippen molar-refractivity contribution in [3.05, 3.63) is 54.6 Å². The summed E-state index contributed by atoms with van der Waals surface area (Å²) in [5.41, 5.74) is 1.94. The van der Waals surface area contributed by atoms with E-state index in [0.717, 1.165) is 24.1 Å². The van der Waals surface area contributed by atoms with E-state index >= 15 is 0 Å². The molecule has 0 N–H and O–H groups in total. The zero-order chi connectivity index (χ0) is 21.6. The van der Waals surface area contributed by atoms with Crippen LogP contribution in [-0.4, -0.2) is 75.5 Å². The molecule has 2 aromatic rings. The number of amides is 1. The molecule has 1 saturated heterocycles. The van der Waals surface area contributed by atoms with Gasteiger partial charge in [-0.15, -0.1) is 0 Å². The van der Waals surface area contributed by atoms with Crippen molar-refractivity contribution in [3.63, 3.8) is 0 Å². The lowest BCUT2D eigenvalue weighted by molar-refractivity contribution is -0.135. The van der Waals surface area contributed by atoms with Crippen LogP contribution in [0, 0.1) is 0 Å². The SMILES string of the molecule is CN(C)CCCN(C(=O)COc1ccccc1-c1ccccc1)C1CCS(=O)(=O)C1. The van der Waals surface area contributed by atoms with Gasteiger partial charge < -0.3 is 14.5 Å². The molecule has 0 bridgehead atoms. The minimum absolute atomic E-state index is 0.0430. The number of carbonyl (C=O) groups is 1. The Morgan fingerprint density at radius 3 is 2.40 bits per heavy atom. The predicted molar refractivity (Wildman–Crippen MR) is 119 cm³/mol. The highest BCUT2D eigenvalue weighted by atomic mass is 32.2. The first kappa shape index (κ1) is 22.3. The van der Waals surface area contributed by atoms with Crippen LogP contribution in [0.25, 0.3) is 11.1 Å². The number of hydrogen-bond acceptors (Lipinski definition) is 5. The molecule has 1 unspecified atom stereocenters. The largest absolute Gasteiger partial charge is 0.483 e. The highest BCUT2D eigenvalue weighted by Gasteiger charge is 2.34. The van der Waals surface area contributed by atoms with Gasteiger partial charge in [0, 0.05) is 18.2 Å². The van der Waals surface area contributed by atoms with Gasteiger partial charge in [0.25, 0.3) is 5.91 Å².